The average Bonchev–Trinajstić information content (AvgIpc) is 2.32. The summed E-state index contributed by atoms with van der Waals surface area (Å²) in [6.45, 7) is 4.32. The highest BCUT2D eigenvalue weighted by atomic mass is 16.3. The van der Waals surface area contributed by atoms with Crippen molar-refractivity contribution in [3.63, 3.8) is 0 Å². The molecule has 0 aliphatic rings. The van der Waals surface area contributed by atoms with Crippen LogP contribution in [0.4, 0.5) is 0 Å². The Labute approximate surface area is 106 Å². The van der Waals surface area contributed by atoms with E-state index in [-0.39, 0.29) is 25.1 Å². The van der Waals surface area contributed by atoms with Gasteiger partial charge in [-0.3, -0.25) is 9.36 Å². The summed E-state index contributed by atoms with van der Waals surface area (Å²) in [5, 5.41) is 8.81. The van der Waals surface area contributed by atoms with Crippen LogP contribution in [0.2, 0.25) is 0 Å². The molecule has 0 unspecified atom stereocenters. The molecule has 1 amide bonds. The molecule has 1 heterocycles. The molecule has 0 aromatic carbocycles. The summed E-state index contributed by atoms with van der Waals surface area (Å²) in [6, 6.07) is 1.65. The number of nitrogens with zero attached hydrogens (tertiary/aromatic N) is 3. The van der Waals surface area contributed by atoms with E-state index in [2.05, 4.69) is 4.98 Å². The molecule has 0 aliphatic carbocycles. The molecule has 0 atom stereocenters. The summed E-state index contributed by atoms with van der Waals surface area (Å²) in [7, 11) is 0. The second kappa shape index (κ2) is 6.90. The first-order valence-electron chi connectivity index (χ1n) is 5.98. The highest BCUT2D eigenvalue weighted by Gasteiger charge is 2.17. The summed E-state index contributed by atoms with van der Waals surface area (Å²) in [5.74, 6) is -0.145. The monoisotopic (exact) mass is 253 g/mol. The predicted octanol–water partition coefficient (Wildman–Crippen LogP) is -0.137. The van der Waals surface area contributed by atoms with Gasteiger partial charge in [-0.05, 0) is 26.3 Å². The van der Waals surface area contributed by atoms with Gasteiger partial charge in [0.25, 0.3) is 0 Å². The van der Waals surface area contributed by atoms with Crippen LogP contribution in [0.5, 0.6) is 0 Å². The minimum Gasteiger partial charge on any atom is -0.396 e. The molecule has 0 radical (unpaired) electrons. The standard InChI is InChI=1S/C12H19N3O3/c1-10(2)15(7-4-8-16)11(17)9-14-6-3-5-13-12(14)18/h3,5-6,10,16H,4,7-9H2,1-2H3. The lowest BCUT2D eigenvalue weighted by Gasteiger charge is -2.26. The first kappa shape index (κ1) is 14.4. The fourth-order valence-corrected chi connectivity index (χ4v) is 1.66. The lowest BCUT2D eigenvalue weighted by atomic mass is 10.2. The lowest BCUT2D eigenvalue weighted by Crippen LogP contribution is -2.41. The summed E-state index contributed by atoms with van der Waals surface area (Å²) >= 11 is 0. The van der Waals surface area contributed by atoms with E-state index in [0.717, 1.165) is 0 Å². The van der Waals surface area contributed by atoms with Gasteiger partial charge in [0.2, 0.25) is 5.91 Å². The van der Waals surface area contributed by atoms with Crippen LogP contribution in [0, 0.1) is 0 Å². The van der Waals surface area contributed by atoms with E-state index in [1.165, 1.54) is 17.0 Å². The van der Waals surface area contributed by atoms with Crippen LogP contribution in [0.3, 0.4) is 0 Å². The zero-order chi connectivity index (χ0) is 13.5. The molecule has 6 nitrogen and oxygen atoms in total. The minimum absolute atomic E-state index is 0.0176. The molecule has 0 aliphatic heterocycles. The Balaban J connectivity index is 2.73. The van der Waals surface area contributed by atoms with Crippen molar-refractivity contribution in [1.29, 1.82) is 0 Å². The Bertz CT molecular complexity index is 442. The Morgan fingerprint density at radius 2 is 2.28 bits per heavy atom. The van der Waals surface area contributed by atoms with Crippen molar-refractivity contribution in [2.24, 2.45) is 0 Å². The van der Waals surface area contributed by atoms with E-state index in [1.807, 2.05) is 13.8 Å². The van der Waals surface area contributed by atoms with E-state index in [9.17, 15) is 9.59 Å². The summed E-state index contributed by atoms with van der Waals surface area (Å²) in [4.78, 5) is 28.7. The first-order valence-corrected chi connectivity index (χ1v) is 5.98. The van der Waals surface area contributed by atoms with E-state index < -0.39 is 5.69 Å². The smallest absolute Gasteiger partial charge is 0.347 e. The van der Waals surface area contributed by atoms with Gasteiger partial charge in [0.05, 0.1) is 0 Å². The number of hydrogen-bond donors (Lipinski definition) is 1. The molecule has 100 valence electrons. The van der Waals surface area contributed by atoms with Crippen molar-refractivity contribution in [2.45, 2.75) is 32.9 Å². The van der Waals surface area contributed by atoms with Gasteiger partial charge in [0.1, 0.15) is 6.54 Å². The Morgan fingerprint density at radius 3 is 2.83 bits per heavy atom. The average molecular weight is 253 g/mol. The predicted molar refractivity (Wildman–Crippen MR) is 67.0 cm³/mol. The fraction of sp³-hybridized carbons (Fsp3) is 0.583. The minimum atomic E-state index is -0.434. The quantitative estimate of drug-likeness (QED) is 0.766. The third-order valence-electron chi connectivity index (χ3n) is 2.59. The van der Waals surface area contributed by atoms with Crippen LogP contribution in [0.15, 0.2) is 23.3 Å². The molecule has 1 rings (SSSR count). The van der Waals surface area contributed by atoms with Gasteiger partial charge < -0.3 is 10.0 Å². The maximum atomic E-state index is 12.1. The summed E-state index contributed by atoms with van der Waals surface area (Å²) < 4.78 is 1.27. The second-order valence-corrected chi connectivity index (χ2v) is 4.29. The lowest BCUT2D eigenvalue weighted by molar-refractivity contribution is -0.133. The van der Waals surface area contributed by atoms with Gasteiger partial charge in [-0.25, -0.2) is 9.78 Å². The zero-order valence-corrected chi connectivity index (χ0v) is 10.7. The number of amides is 1. The zero-order valence-electron chi connectivity index (χ0n) is 10.7. The van der Waals surface area contributed by atoms with Crippen LogP contribution in [-0.4, -0.2) is 44.7 Å². The maximum absolute atomic E-state index is 12.1. The SMILES string of the molecule is CC(C)N(CCCO)C(=O)Cn1cccnc1=O. The number of carbonyl (C=O) groups is 1. The van der Waals surface area contributed by atoms with Gasteiger partial charge >= 0.3 is 5.69 Å². The third kappa shape index (κ3) is 3.96. The largest absolute Gasteiger partial charge is 0.396 e. The molecule has 6 heteroatoms. The van der Waals surface area contributed by atoms with Crippen LogP contribution >= 0.6 is 0 Å². The molecule has 0 spiro atoms. The molecular weight excluding hydrogens is 234 g/mol. The first-order chi connectivity index (χ1) is 8.56. The number of carbonyl (C=O) groups excluding carboxylic acids is 1. The van der Waals surface area contributed by atoms with Gasteiger partial charge in [-0.15, -0.1) is 0 Å². The van der Waals surface area contributed by atoms with Crippen molar-refractivity contribution in [1.82, 2.24) is 14.5 Å². The normalized spacial score (nSPS) is 10.7. The maximum Gasteiger partial charge on any atom is 0.347 e. The number of aromatic nitrogens is 2. The van der Waals surface area contributed by atoms with Crippen LogP contribution in [0.1, 0.15) is 20.3 Å². The molecule has 0 fully saturated rings. The van der Waals surface area contributed by atoms with Crippen molar-refractivity contribution in [2.75, 3.05) is 13.2 Å². The van der Waals surface area contributed by atoms with Crippen molar-refractivity contribution in [3.05, 3.63) is 28.9 Å². The summed E-state index contributed by atoms with van der Waals surface area (Å²) in [6.07, 6.45) is 3.47. The van der Waals surface area contributed by atoms with E-state index in [4.69, 9.17) is 5.11 Å². The summed E-state index contributed by atoms with van der Waals surface area (Å²) in [5.41, 5.74) is -0.434. The molecule has 1 aromatic heterocycles. The third-order valence-corrected chi connectivity index (χ3v) is 2.59. The molecule has 0 bridgehead atoms. The van der Waals surface area contributed by atoms with Gasteiger partial charge in [-0.1, -0.05) is 0 Å². The highest BCUT2D eigenvalue weighted by molar-refractivity contribution is 5.76. The van der Waals surface area contributed by atoms with Crippen LogP contribution in [-0.2, 0) is 11.3 Å². The number of hydrogen-bond acceptors (Lipinski definition) is 4. The van der Waals surface area contributed by atoms with Crippen LogP contribution in [0.25, 0.3) is 0 Å². The molecule has 1 aromatic rings. The number of rotatable bonds is 6. The van der Waals surface area contributed by atoms with E-state index >= 15 is 0 Å². The van der Waals surface area contributed by atoms with E-state index in [0.29, 0.717) is 13.0 Å². The highest BCUT2D eigenvalue weighted by Crippen LogP contribution is 2.01. The Morgan fingerprint density at radius 1 is 1.56 bits per heavy atom. The fourth-order valence-electron chi connectivity index (χ4n) is 1.66. The second-order valence-electron chi connectivity index (χ2n) is 4.29. The molecular formula is C12H19N3O3. The van der Waals surface area contributed by atoms with Crippen LogP contribution < -0.4 is 5.69 Å². The van der Waals surface area contributed by atoms with E-state index in [1.54, 1.807) is 11.0 Å². The molecule has 1 N–H and O–H groups in total. The number of aliphatic hydroxyl groups excluding tert-OH is 1. The Kier molecular flexibility index (Phi) is 5.51. The van der Waals surface area contributed by atoms with Gasteiger partial charge in [-0.2, -0.15) is 0 Å². The van der Waals surface area contributed by atoms with Gasteiger partial charge in [0, 0.05) is 31.6 Å². The van der Waals surface area contributed by atoms with Crippen molar-refractivity contribution in [3.8, 4) is 0 Å². The molecule has 18 heavy (non-hydrogen) atoms. The number of aliphatic hydroxyl groups is 1. The van der Waals surface area contributed by atoms with Crippen molar-refractivity contribution >= 4 is 5.91 Å². The van der Waals surface area contributed by atoms with Crippen molar-refractivity contribution < 1.29 is 9.90 Å². The molecule has 0 saturated heterocycles. The Hall–Kier alpha value is -1.69. The molecule has 0 saturated carbocycles. The van der Waals surface area contributed by atoms with Gasteiger partial charge in [0.15, 0.2) is 0 Å². The topological polar surface area (TPSA) is 75.4 Å².